The molecule has 0 heterocycles. The summed E-state index contributed by atoms with van der Waals surface area (Å²) in [6.45, 7) is 7.52. The summed E-state index contributed by atoms with van der Waals surface area (Å²) in [4.78, 5) is 26.7. The number of carbonyl (C=O) groups excluding carboxylic acids is 2. The molecule has 3 rings (SSSR count). The Kier molecular flexibility index (Phi) is 8.39. The number of amides is 1. The first kappa shape index (κ1) is 26.9. The van der Waals surface area contributed by atoms with Gasteiger partial charge in [-0.1, -0.05) is 35.3 Å². The van der Waals surface area contributed by atoms with Crippen molar-refractivity contribution >= 4 is 47.0 Å². The molecule has 1 aliphatic carbocycles. The molecular formula is C27H32Cl2N2O4. The molecule has 6 nitrogen and oxygen atoms in total. The number of ether oxygens (including phenoxy) is 2. The van der Waals surface area contributed by atoms with Gasteiger partial charge in [0.05, 0.1) is 22.7 Å². The van der Waals surface area contributed by atoms with Crippen LogP contribution in [-0.4, -0.2) is 36.2 Å². The molecule has 188 valence electrons. The molecule has 0 spiro atoms. The van der Waals surface area contributed by atoms with Crippen molar-refractivity contribution in [2.45, 2.75) is 58.1 Å². The maximum Gasteiger partial charge on any atom is 0.410 e. The van der Waals surface area contributed by atoms with E-state index in [1.165, 1.54) is 6.08 Å². The van der Waals surface area contributed by atoms with Gasteiger partial charge in [0, 0.05) is 30.3 Å². The molecule has 1 aliphatic rings. The number of hydrogen-bond acceptors (Lipinski definition) is 5. The van der Waals surface area contributed by atoms with E-state index >= 15 is 0 Å². The Labute approximate surface area is 217 Å². The minimum absolute atomic E-state index is 0.0124. The van der Waals surface area contributed by atoms with Crippen LogP contribution in [0.3, 0.4) is 0 Å². The normalized spacial score (nSPS) is 17.7. The number of halogens is 2. The molecule has 0 unspecified atom stereocenters. The predicted molar refractivity (Wildman–Crippen MR) is 141 cm³/mol. The van der Waals surface area contributed by atoms with Crippen LogP contribution in [0.1, 0.15) is 74.8 Å². The van der Waals surface area contributed by atoms with Crippen molar-refractivity contribution in [3.8, 4) is 0 Å². The molecule has 0 bridgehead atoms. The summed E-state index contributed by atoms with van der Waals surface area (Å²) in [5, 5.41) is 0.973. The first-order valence-electron chi connectivity index (χ1n) is 11.6. The smallest absolute Gasteiger partial charge is 0.410 e. The summed E-state index contributed by atoms with van der Waals surface area (Å²) >= 11 is 12.5. The van der Waals surface area contributed by atoms with Gasteiger partial charge in [0.2, 0.25) is 0 Å². The fourth-order valence-corrected chi connectivity index (χ4v) is 4.73. The molecule has 2 atom stereocenters. The van der Waals surface area contributed by atoms with Crippen molar-refractivity contribution in [1.29, 1.82) is 0 Å². The maximum absolute atomic E-state index is 13.0. The fourth-order valence-electron chi connectivity index (χ4n) is 4.42. The molecule has 35 heavy (non-hydrogen) atoms. The van der Waals surface area contributed by atoms with E-state index in [1.54, 1.807) is 31.0 Å². The van der Waals surface area contributed by atoms with Crippen LogP contribution in [0.5, 0.6) is 0 Å². The molecule has 1 amide bonds. The molecule has 0 radical (unpaired) electrons. The van der Waals surface area contributed by atoms with Gasteiger partial charge in [-0.2, -0.15) is 0 Å². The molecule has 0 aliphatic heterocycles. The lowest BCUT2D eigenvalue weighted by Crippen LogP contribution is -2.38. The van der Waals surface area contributed by atoms with E-state index in [0.29, 0.717) is 27.7 Å². The third-order valence-electron chi connectivity index (χ3n) is 5.96. The van der Waals surface area contributed by atoms with Crippen molar-refractivity contribution in [3.05, 3.63) is 68.7 Å². The summed E-state index contributed by atoms with van der Waals surface area (Å²) in [7, 11) is 1.73. The van der Waals surface area contributed by atoms with Crippen LogP contribution < -0.4 is 5.73 Å². The van der Waals surface area contributed by atoms with Crippen LogP contribution in [0, 0.1) is 0 Å². The van der Waals surface area contributed by atoms with E-state index < -0.39 is 17.7 Å². The Morgan fingerprint density at radius 1 is 1.14 bits per heavy atom. The van der Waals surface area contributed by atoms with E-state index in [0.717, 1.165) is 23.1 Å². The zero-order valence-corrected chi connectivity index (χ0v) is 22.2. The molecule has 2 aromatic rings. The molecular weight excluding hydrogens is 487 g/mol. The average Bonchev–Trinajstić information content (AvgIpc) is 2.78. The predicted octanol–water partition coefficient (Wildman–Crippen LogP) is 6.99. The Morgan fingerprint density at radius 3 is 2.49 bits per heavy atom. The van der Waals surface area contributed by atoms with Crippen molar-refractivity contribution in [2.24, 2.45) is 0 Å². The third-order valence-corrected chi connectivity index (χ3v) is 6.70. The standard InChI is InChI=1S/C27H32Cl2N2O4/c1-6-34-24(32)14-10-19-22(30)12-8-18-17(16-7-11-20(28)21(29)15-16)9-13-23(25(18)19)31(5)26(33)35-27(2,3)4/h7-8,10-12,14-15,17,23H,6,9,13,30H2,1-5H3/b14-10+/t17-,23-/m0/s1. The van der Waals surface area contributed by atoms with Gasteiger partial charge in [0.25, 0.3) is 0 Å². The van der Waals surface area contributed by atoms with Gasteiger partial charge in [0.15, 0.2) is 0 Å². The molecule has 0 aromatic heterocycles. The highest BCUT2D eigenvalue weighted by molar-refractivity contribution is 6.42. The van der Waals surface area contributed by atoms with Gasteiger partial charge >= 0.3 is 12.1 Å². The lowest BCUT2D eigenvalue weighted by atomic mass is 9.74. The number of rotatable bonds is 5. The van der Waals surface area contributed by atoms with E-state index in [9.17, 15) is 9.59 Å². The number of nitrogen functional groups attached to an aromatic ring is 1. The minimum Gasteiger partial charge on any atom is -0.463 e. The van der Waals surface area contributed by atoms with Gasteiger partial charge in [0.1, 0.15) is 5.60 Å². The summed E-state index contributed by atoms with van der Waals surface area (Å²) in [6.07, 6.45) is 4.04. The van der Waals surface area contributed by atoms with Crippen LogP contribution >= 0.6 is 23.2 Å². The molecule has 0 fully saturated rings. The van der Waals surface area contributed by atoms with E-state index in [4.69, 9.17) is 38.4 Å². The van der Waals surface area contributed by atoms with Crippen molar-refractivity contribution < 1.29 is 19.1 Å². The second kappa shape index (κ2) is 10.9. The van der Waals surface area contributed by atoms with Crippen molar-refractivity contribution in [3.63, 3.8) is 0 Å². The average molecular weight is 519 g/mol. The Balaban J connectivity index is 2.14. The maximum atomic E-state index is 13.0. The van der Waals surface area contributed by atoms with Gasteiger partial charge in [-0.3, -0.25) is 0 Å². The van der Waals surface area contributed by atoms with E-state index in [-0.39, 0.29) is 18.6 Å². The summed E-state index contributed by atoms with van der Waals surface area (Å²) in [5.74, 6) is -0.447. The summed E-state index contributed by atoms with van der Waals surface area (Å²) < 4.78 is 10.7. The highest BCUT2D eigenvalue weighted by Gasteiger charge is 2.36. The van der Waals surface area contributed by atoms with Gasteiger partial charge in [-0.25, -0.2) is 9.59 Å². The van der Waals surface area contributed by atoms with Crippen LogP contribution in [-0.2, 0) is 14.3 Å². The van der Waals surface area contributed by atoms with Crippen molar-refractivity contribution in [1.82, 2.24) is 4.90 Å². The van der Waals surface area contributed by atoms with Gasteiger partial charge in [-0.05, 0) is 81.5 Å². The highest BCUT2D eigenvalue weighted by atomic mass is 35.5. The van der Waals surface area contributed by atoms with Crippen LogP contribution in [0.25, 0.3) is 6.08 Å². The number of hydrogen-bond donors (Lipinski definition) is 1. The molecule has 2 aromatic carbocycles. The second-order valence-electron chi connectivity index (χ2n) is 9.57. The number of anilines is 1. The number of fused-ring (bicyclic) bond motifs is 1. The summed E-state index contributed by atoms with van der Waals surface area (Å²) in [5.41, 5.74) is 9.85. The fraction of sp³-hybridized carbons (Fsp3) is 0.407. The summed E-state index contributed by atoms with van der Waals surface area (Å²) in [6, 6.07) is 9.13. The minimum atomic E-state index is -0.631. The topological polar surface area (TPSA) is 81.9 Å². The molecule has 0 saturated heterocycles. The number of nitrogens with zero attached hydrogens (tertiary/aromatic N) is 1. The Bertz CT molecular complexity index is 1140. The largest absolute Gasteiger partial charge is 0.463 e. The Hall–Kier alpha value is -2.70. The zero-order chi connectivity index (χ0) is 25.9. The number of benzene rings is 2. The first-order chi connectivity index (χ1) is 16.4. The van der Waals surface area contributed by atoms with Gasteiger partial charge in [-0.15, -0.1) is 0 Å². The van der Waals surface area contributed by atoms with E-state index in [1.807, 2.05) is 45.0 Å². The number of nitrogens with two attached hydrogens (primary N) is 1. The first-order valence-corrected chi connectivity index (χ1v) is 12.4. The Morgan fingerprint density at radius 2 is 1.86 bits per heavy atom. The van der Waals surface area contributed by atoms with E-state index in [2.05, 4.69) is 0 Å². The quantitative estimate of drug-likeness (QED) is 0.262. The van der Waals surface area contributed by atoms with Crippen LogP contribution in [0.15, 0.2) is 36.4 Å². The lowest BCUT2D eigenvalue weighted by Gasteiger charge is -2.39. The number of esters is 1. The highest BCUT2D eigenvalue weighted by Crippen LogP contribution is 2.47. The monoisotopic (exact) mass is 518 g/mol. The zero-order valence-electron chi connectivity index (χ0n) is 20.7. The van der Waals surface area contributed by atoms with Crippen molar-refractivity contribution in [2.75, 3.05) is 19.4 Å². The molecule has 0 saturated carbocycles. The van der Waals surface area contributed by atoms with Gasteiger partial charge < -0.3 is 20.1 Å². The lowest BCUT2D eigenvalue weighted by molar-refractivity contribution is -0.137. The molecule has 8 heteroatoms. The van der Waals surface area contributed by atoms with Crippen LogP contribution in [0.4, 0.5) is 10.5 Å². The third kappa shape index (κ3) is 6.30. The number of carbonyl (C=O) groups is 2. The SMILES string of the molecule is CCOC(=O)/C=C/c1c(N)ccc2c1[C@@H](N(C)C(=O)OC(C)(C)C)CC[C@H]2c1ccc(Cl)c(Cl)c1. The second-order valence-corrected chi connectivity index (χ2v) is 10.4. The molecule has 2 N–H and O–H groups in total. The van der Waals surface area contributed by atoms with Crippen LogP contribution in [0.2, 0.25) is 10.0 Å².